The lowest BCUT2D eigenvalue weighted by Gasteiger charge is -2.28. The Balaban J connectivity index is 1.69. The van der Waals surface area contributed by atoms with Gasteiger partial charge in [-0.1, -0.05) is 61.8 Å². The third-order valence-electron chi connectivity index (χ3n) is 4.94. The minimum atomic E-state index is -0.220. The van der Waals surface area contributed by atoms with E-state index < -0.39 is 0 Å². The SMILES string of the molecule is CC(C)CN(CC(=O)N(Cc1ccccc1)Cc1cccs1)C(=O)COc1ccc(Cl)cc1. The molecule has 3 rings (SSSR count). The van der Waals surface area contributed by atoms with E-state index in [9.17, 15) is 9.59 Å². The summed E-state index contributed by atoms with van der Waals surface area (Å²) >= 11 is 7.52. The Morgan fingerprint density at radius 3 is 2.27 bits per heavy atom. The zero-order chi connectivity index (χ0) is 23.6. The molecule has 7 heteroatoms. The zero-order valence-electron chi connectivity index (χ0n) is 18.9. The summed E-state index contributed by atoms with van der Waals surface area (Å²) in [5.41, 5.74) is 1.05. The van der Waals surface area contributed by atoms with Crippen molar-refractivity contribution in [2.75, 3.05) is 19.7 Å². The van der Waals surface area contributed by atoms with Crippen molar-refractivity contribution in [3.63, 3.8) is 0 Å². The first-order chi connectivity index (χ1) is 15.9. The molecule has 0 bridgehead atoms. The standard InChI is InChI=1S/C26H29ClN2O3S/c1-20(2)15-28(26(31)19-32-23-12-10-22(27)11-13-23)18-25(30)29(17-24-9-6-14-33-24)16-21-7-4-3-5-8-21/h3-14,20H,15-19H2,1-2H3. The number of benzene rings is 2. The molecule has 5 nitrogen and oxygen atoms in total. The monoisotopic (exact) mass is 484 g/mol. The number of amides is 2. The maximum Gasteiger partial charge on any atom is 0.260 e. The lowest BCUT2D eigenvalue weighted by Crippen LogP contribution is -2.45. The van der Waals surface area contributed by atoms with Gasteiger partial charge in [0.15, 0.2) is 6.61 Å². The summed E-state index contributed by atoms with van der Waals surface area (Å²) in [5.74, 6) is 0.472. The molecule has 0 aliphatic heterocycles. The summed E-state index contributed by atoms with van der Waals surface area (Å²) in [4.78, 5) is 30.8. The summed E-state index contributed by atoms with van der Waals surface area (Å²) in [6, 6.07) is 20.8. The van der Waals surface area contributed by atoms with Crippen LogP contribution in [0.3, 0.4) is 0 Å². The highest BCUT2D eigenvalue weighted by Crippen LogP contribution is 2.17. The number of carbonyl (C=O) groups is 2. The smallest absolute Gasteiger partial charge is 0.260 e. The van der Waals surface area contributed by atoms with E-state index in [0.29, 0.717) is 30.4 Å². The van der Waals surface area contributed by atoms with E-state index in [0.717, 1.165) is 10.4 Å². The van der Waals surface area contributed by atoms with Crippen molar-refractivity contribution in [3.8, 4) is 5.75 Å². The third kappa shape index (κ3) is 8.22. The summed E-state index contributed by atoms with van der Waals surface area (Å²) in [6.45, 7) is 5.41. The Bertz CT molecular complexity index is 1010. The molecule has 0 N–H and O–H groups in total. The molecular weight excluding hydrogens is 456 g/mol. The maximum atomic E-state index is 13.4. The topological polar surface area (TPSA) is 49.9 Å². The van der Waals surface area contributed by atoms with Crippen molar-refractivity contribution >= 4 is 34.8 Å². The van der Waals surface area contributed by atoms with Gasteiger partial charge in [-0.15, -0.1) is 11.3 Å². The van der Waals surface area contributed by atoms with Gasteiger partial charge in [0.2, 0.25) is 5.91 Å². The number of nitrogens with zero attached hydrogens (tertiary/aromatic N) is 2. The van der Waals surface area contributed by atoms with Crippen LogP contribution in [-0.2, 0) is 22.7 Å². The van der Waals surface area contributed by atoms with Gasteiger partial charge in [-0.05, 0) is 47.2 Å². The summed E-state index contributed by atoms with van der Waals surface area (Å²) in [7, 11) is 0. The van der Waals surface area contributed by atoms with Gasteiger partial charge in [0.1, 0.15) is 5.75 Å². The fourth-order valence-electron chi connectivity index (χ4n) is 3.35. The minimum absolute atomic E-state index is 0.0131. The second-order valence-electron chi connectivity index (χ2n) is 8.23. The van der Waals surface area contributed by atoms with E-state index in [1.165, 1.54) is 0 Å². The van der Waals surface area contributed by atoms with E-state index in [1.807, 2.05) is 66.6 Å². The fourth-order valence-corrected chi connectivity index (χ4v) is 4.20. The molecule has 0 radical (unpaired) electrons. The van der Waals surface area contributed by atoms with Crippen LogP contribution in [0, 0.1) is 5.92 Å². The molecule has 1 aromatic heterocycles. The van der Waals surface area contributed by atoms with Crippen LogP contribution < -0.4 is 4.74 Å². The van der Waals surface area contributed by atoms with Gasteiger partial charge in [-0.3, -0.25) is 9.59 Å². The second kappa shape index (κ2) is 12.4. The average molecular weight is 485 g/mol. The van der Waals surface area contributed by atoms with Crippen molar-refractivity contribution in [2.45, 2.75) is 26.9 Å². The maximum absolute atomic E-state index is 13.4. The molecule has 2 aromatic carbocycles. The number of ether oxygens (including phenoxy) is 1. The molecule has 0 aliphatic rings. The van der Waals surface area contributed by atoms with E-state index in [1.54, 1.807) is 40.5 Å². The molecule has 0 unspecified atom stereocenters. The molecule has 0 spiro atoms. The molecule has 174 valence electrons. The Kier molecular flexibility index (Phi) is 9.34. The summed E-state index contributed by atoms with van der Waals surface area (Å²) < 4.78 is 5.64. The third-order valence-corrected chi connectivity index (χ3v) is 6.05. The van der Waals surface area contributed by atoms with Crippen LogP contribution in [-0.4, -0.2) is 41.3 Å². The van der Waals surface area contributed by atoms with Crippen molar-refractivity contribution < 1.29 is 14.3 Å². The van der Waals surface area contributed by atoms with E-state index in [2.05, 4.69) is 0 Å². The number of hydrogen-bond acceptors (Lipinski definition) is 4. The lowest BCUT2D eigenvalue weighted by atomic mass is 10.2. The second-order valence-corrected chi connectivity index (χ2v) is 9.69. The van der Waals surface area contributed by atoms with Gasteiger partial charge in [-0.2, -0.15) is 0 Å². The van der Waals surface area contributed by atoms with Gasteiger partial charge < -0.3 is 14.5 Å². The van der Waals surface area contributed by atoms with Gasteiger partial charge in [0, 0.05) is 23.0 Å². The Hall–Kier alpha value is -2.83. The normalized spacial score (nSPS) is 10.8. The molecule has 0 aliphatic carbocycles. The Labute approximate surface area is 204 Å². The predicted molar refractivity (Wildman–Crippen MR) is 133 cm³/mol. The van der Waals surface area contributed by atoms with Gasteiger partial charge >= 0.3 is 0 Å². The minimum Gasteiger partial charge on any atom is -0.484 e. The van der Waals surface area contributed by atoms with E-state index in [4.69, 9.17) is 16.3 Å². The first-order valence-electron chi connectivity index (χ1n) is 10.9. The highest BCUT2D eigenvalue weighted by Gasteiger charge is 2.23. The van der Waals surface area contributed by atoms with Crippen molar-refractivity contribution in [2.24, 2.45) is 5.92 Å². The molecule has 0 atom stereocenters. The van der Waals surface area contributed by atoms with Gasteiger partial charge in [0.05, 0.1) is 13.1 Å². The number of carbonyl (C=O) groups excluding carboxylic acids is 2. The largest absolute Gasteiger partial charge is 0.484 e. The van der Waals surface area contributed by atoms with Crippen molar-refractivity contribution in [1.82, 2.24) is 9.80 Å². The van der Waals surface area contributed by atoms with Crippen LogP contribution in [0.4, 0.5) is 0 Å². The molecule has 0 fully saturated rings. The first-order valence-corrected chi connectivity index (χ1v) is 12.2. The summed E-state index contributed by atoms with van der Waals surface area (Å²) in [5, 5.41) is 2.60. The highest BCUT2D eigenvalue weighted by molar-refractivity contribution is 7.09. The molecule has 3 aromatic rings. The van der Waals surface area contributed by atoms with Crippen LogP contribution in [0.25, 0.3) is 0 Å². The quantitative estimate of drug-likeness (QED) is 0.361. The van der Waals surface area contributed by atoms with Crippen LogP contribution in [0.2, 0.25) is 5.02 Å². The summed E-state index contributed by atoms with van der Waals surface area (Å²) in [6.07, 6.45) is 0. The Morgan fingerprint density at radius 2 is 1.64 bits per heavy atom. The van der Waals surface area contributed by atoms with Crippen LogP contribution in [0.15, 0.2) is 72.1 Å². The number of thiophene rings is 1. The van der Waals surface area contributed by atoms with Gasteiger partial charge in [-0.25, -0.2) is 0 Å². The highest BCUT2D eigenvalue weighted by atomic mass is 35.5. The number of hydrogen-bond donors (Lipinski definition) is 0. The molecular formula is C26H29ClN2O3S. The van der Waals surface area contributed by atoms with Crippen molar-refractivity contribution in [3.05, 3.63) is 87.6 Å². The number of rotatable bonds is 11. The number of halogens is 1. The zero-order valence-corrected chi connectivity index (χ0v) is 20.5. The molecule has 0 saturated carbocycles. The molecule has 1 heterocycles. The molecule has 2 amide bonds. The van der Waals surface area contributed by atoms with Crippen molar-refractivity contribution in [1.29, 1.82) is 0 Å². The Morgan fingerprint density at radius 1 is 0.909 bits per heavy atom. The van der Waals surface area contributed by atoms with Crippen LogP contribution in [0.1, 0.15) is 24.3 Å². The lowest BCUT2D eigenvalue weighted by molar-refractivity contribution is -0.142. The molecule has 33 heavy (non-hydrogen) atoms. The van der Waals surface area contributed by atoms with E-state index >= 15 is 0 Å². The molecule has 0 saturated heterocycles. The first kappa shape index (κ1) is 24.8. The van der Waals surface area contributed by atoms with Crippen LogP contribution in [0.5, 0.6) is 5.75 Å². The van der Waals surface area contributed by atoms with E-state index in [-0.39, 0.29) is 30.9 Å². The average Bonchev–Trinajstić information content (AvgIpc) is 3.31. The predicted octanol–water partition coefficient (Wildman–Crippen LogP) is 5.49. The van der Waals surface area contributed by atoms with Gasteiger partial charge in [0.25, 0.3) is 5.91 Å². The fraction of sp³-hybridized carbons (Fsp3) is 0.308. The van der Waals surface area contributed by atoms with Crippen LogP contribution >= 0.6 is 22.9 Å².